The van der Waals surface area contributed by atoms with Crippen molar-refractivity contribution in [3.05, 3.63) is 47.9 Å². The van der Waals surface area contributed by atoms with Gasteiger partial charge in [0.25, 0.3) is 0 Å². The van der Waals surface area contributed by atoms with Crippen molar-refractivity contribution >= 4 is 11.4 Å². The molecule has 5 heteroatoms. The van der Waals surface area contributed by atoms with Gasteiger partial charge in [-0.3, -0.25) is 0 Å². The molecule has 18 heavy (non-hydrogen) atoms. The summed E-state index contributed by atoms with van der Waals surface area (Å²) in [4.78, 5) is 0. The number of rotatable bonds is 4. The fourth-order valence-electron chi connectivity index (χ4n) is 1.75. The lowest BCUT2D eigenvalue weighted by Gasteiger charge is -2.16. The monoisotopic (exact) mass is 252 g/mol. The van der Waals surface area contributed by atoms with E-state index in [1.165, 1.54) is 6.07 Å². The maximum absolute atomic E-state index is 13.2. The van der Waals surface area contributed by atoms with E-state index in [1.807, 2.05) is 13.0 Å². The van der Waals surface area contributed by atoms with Gasteiger partial charge in [0.15, 0.2) is 5.82 Å². The third-order valence-electron chi connectivity index (χ3n) is 2.58. The zero-order valence-corrected chi connectivity index (χ0v) is 9.91. The zero-order chi connectivity index (χ0) is 13.1. The highest BCUT2D eigenvalue weighted by Crippen LogP contribution is 2.24. The van der Waals surface area contributed by atoms with Gasteiger partial charge in [0.1, 0.15) is 11.6 Å². The molecular weight excluding hydrogens is 238 g/mol. The van der Waals surface area contributed by atoms with Crippen LogP contribution in [0, 0.1) is 11.6 Å². The minimum Gasteiger partial charge on any atom is -0.469 e. The summed E-state index contributed by atoms with van der Waals surface area (Å²) in [5, 5.41) is 2.97. The number of hydrogen-bond donors (Lipinski definition) is 2. The third-order valence-corrected chi connectivity index (χ3v) is 2.58. The van der Waals surface area contributed by atoms with Gasteiger partial charge in [-0.25, -0.2) is 8.78 Å². The summed E-state index contributed by atoms with van der Waals surface area (Å²) < 4.78 is 31.5. The molecule has 2 rings (SSSR count). The number of nitrogen functional groups attached to an aromatic ring is 1. The topological polar surface area (TPSA) is 51.2 Å². The van der Waals surface area contributed by atoms with Gasteiger partial charge in [-0.1, -0.05) is 0 Å². The van der Waals surface area contributed by atoms with Crippen LogP contribution in [0.25, 0.3) is 0 Å². The number of nitrogens with one attached hydrogen (secondary N) is 1. The predicted octanol–water partition coefficient (Wildman–Crippen LogP) is 3.18. The first-order valence-electron chi connectivity index (χ1n) is 5.59. The molecule has 3 nitrogen and oxygen atoms in total. The number of benzene rings is 1. The van der Waals surface area contributed by atoms with E-state index in [2.05, 4.69) is 5.32 Å². The molecule has 1 aromatic carbocycles. The molecule has 2 aromatic rings. The fourth-order valence-corrected chi connectivity index (χ4v) is 1.75. The molecular formula is C13H14F2N2O. The van der Waals surface area contributed by atoms with Gasteiger partial charge in [0, 0.05) is 18.5 Å². The molecule has 1 unspecified atom stereocenters. The molecule has 1 heterocycles. The minimum absolute atomic E-state index is 0.0559. The molecule has 0 fully saturated rings. The largest absolute Gasteiger partial charge is 0.469 e. The molecule has 0 saturated carbocycles. The van der Waals surface area contributed by atoms with Crippen LogP contribution in [-0.4, -0.2) is 6.04 Å². The SMILES string of the molecule is CC(Cc1ccco1)Nc1cc(F)cc(F)c1N. The molecule has 0 spiro atoms. The van der Waals surface area contributed by atoms with E-state index in [0.29, 0.717) is 6.42 Å². The van der Waals surface area contributed by atoms with Gasteiger partial charge in [-0.15, -0.1) is 0 Å². The highest BCUT2D eigenvalue weighted by Gasteiger charge is 2.11. The second kappa shape index (κ2) is 5.08. The molecule has 0 aliphatic carbocycles. The first-order valence-corrected chi connectivity index (χ1v) is 5.59. The maximum atomic E-state index is 13.2. The first kappa shape index (κ1) is 12.4. The lowest BCUT2D eigenvalue weighted by Crippen LogP contribution is -2.19. The van der Waals surface area contributed by atoms with Crippen molar-refractivity contribution in [2.24, 2.45) is 0 Å². The van der Waals surface area contributed by atoms with Gasteiger partial charge >= 0.3 is 0 Å². The van der Waals surface area contributed by atoms with Crippen molar-refractivity contribution in [3.63, 3.8) is 0 Å². The van der Waals surface area contributed by atoms with Crippen LogP contribution in [0.5, 0.6) is 0 Å². The average molecular weight is 252 g/mol. The van der Waals surface area contributed by atoms with Gasteiger partial charge in [-0.2, -0.15) is 0 Å². The number of halogens is 2. The number of furan rings is 1. The number of anilines is 2. The Morgan fingerprint density at radius 1 is 1.39 bits per heavy atom. The standard InChI is InChI=1S/C13H14F2N2O/c1-8(5-10-3-2-4-18-10)17-12-7-9(14)6-11(15)13(12)16/h2-4,6-8,17H,5,16H2,1H3. The number of nitrogens with two attached hydrogens (primary N) is 1. The van der Waals surface area contributed by atoms with Crippen LogP contribution in [0.15, 0.2) is 34.9 Å². The van der Waals surface area contributed by atoms with Crippen LogP contribution in [0.4, 0.5) is 20.2 Å². The molecule has 0 aliphatic rings. The van der Waals surface area contributed by atoms with Crippen molar-refractivity contribution in [1.29, 1.82) is 0 Å². The number of hydrogen-bond acceptors (Lipinski definition) is 3. The van der Waals surface area contributed by atoms with Crippen LogP contribution >= 0.6 is 0 Å². The summed E-state index contributed by atoms with van der Waals surface area (Å²) in [6.07, 6.45) is 2.18. The second-order valence-corrected chi connectivity index (χ2v) is 4.18. The summed E-state index contributed by atoms with van der Waals surface area (Å²) >= 11 is 0. The molecule has 1 aromatic heterocycles. The normalized spacial score (nSPS) is 12.4. The molecule has 0 aliphatic heterocycles. The molecule has 0 saturated heterocycles. The quantitative estimate of drug-likeness (QED) is 0.822. The minimum atomic E-state index is -0.761. The van der Waals surface area contributed by atoms with E-state index in [0.717, 1.165) is 11.8 Å². The lowest BCUT2D eigenvalue weighted by molar-refractivity contribution is 0.497. The van der Waals surface area contributed by atoms with Crippen LogP contribution in [0.1, 0.15) is 12.7 Å². The molecule has 96 valence electrons. The Bertz CT molecular complexity index is 526. The summed E-state index contributed by atoms with van der Waals surface area (Å²) in [6.45, 7) is 1.88. The van der Waals surface area contributed by atoms with E-state index in [-0.39, 0.29) is 17.4 Å². The fraction of sp³-hybridized carbons (Fsp3) is 0.231. The average Bonchev–Trinajstić information content (AvgIpc) is 2.77. The van der Waals surface area contributed by atoms with Crippen molar-refractivity contribution in [1.82, 2.24) is 0 Å². The van der Waals surface area contributed by atoms with Crippen molar-refractivity contribution in [2.75, 3.05) is 11.1 Å². The summed E-state index contributed by atoms with van der Waals surface area (Å²) in [5.74, 6) is -0.623. The molecule has 1 atom stereocenters. The van der Waals surface area contributed by atoms with Crippen molar-refractivity contribution in [2.45, 2.75) is 19.4 Å². The van der Waals surface area contributed by atoms with Gasteiger partial charge < -0.3 is 15.5 Å². The van der Waals surface area contributed by atoms with Gasteiger partial charge in [-0.05, 0) is 25.1 Å². The highest BCUT2D eigenvalue weighted by atomic mass is 19.1. The Kier molecular flexibility index (Phi) is 3.50. The Morgan fingerprint density at radius 3 is 2.83 bits per heavy atom. The van der Waals surface area contributed by atoms with Crippen LogP contribution in [0.2, 0.25) is 0 Å². The smallest absolute Gasteiger partial charge is 0.151 e. The van der Waals surface area contributed by atoms with Gasteiger partial charge in [0.05, 0.1) is 17.6 Å². The van der Waals surface area contributed by atoms with Crippen LogP contribution in [0.3, 0.4) is 0 Å². The Balaban J connectivity index is 2.09. The Morgan fingerprint density at radius 2 is 2.17 bits per heavy atom. The van der Waals surface area contributed by atoms with Crippen molar-refractivity contribution < 1.29 is 13.2 Å². The van der Waals surface area contributed by atoms with E-state index < -0.39 is 11.6 Å². The highest BCUT2D eigenvalue weighted by molar-refractivity contribution is 5.67. The molecule has 0 radical (unpaired) electrons. The van der Waals surface area contributed by atoms with E-state index in [1.54, 1.807) is 12.3 Å². The van der Waals surface area contributed by atoms with Crippen molar-refractivity contribution in [3.8, 4) is 0 Å². The molecule has 3 N–H and O–H groups in total. The van der Waals surface area contributed by atoms with Gasteiger partial charge in [0.2, 0.25) is 0 Å². The Labute approximate surface area is 104 Å². The summed E-state index contributed by atoms with van der Waals surface area (Å²) in [5.41, 5.74) is 5.72. The van der Waals surface area contributed by atoms with E-state index >= 15 is 0 Å². The maximum Gasteiger partial charge on any atom is 0.151 e. The zero-order valence-electron chi connectivity index (χ0n) is 9.91. The lowest BCUT2D eigenvalue weighted by atomic mass is 10.1. The van der Waals surface area contributed by atoms with E-state index in [4.69, 9.17) is 10.2 Å². The van der Waals surface area contributed by atoms with E-state index in [9.17, 15) is 8.78 Å². The van der Waals surface area contributed by atoms with Crippen LogP contribution < -0.4 is 11.1 Å². The Hall–Kier alpha value is -2.04. The second-order valence-electron chi connectivity index (χ2n) is 4.18. The summed E-state index contributed by atoms with van der Waals surface area (Å²) in [7, 11) is 0. The third kappa shape index (κ3) is 2.80. The predicted molar refractivity (Wildman–Crippen MR) is 66.3 cm³/mol. The van der Waals surface area contributed by atoms with Crippen LogP contribution in [-0.2, 0) is 6.42 Å². The first-order chi connectivity index (χ1) is 8.56. The summed E-state index contributed by atoms with van der Waals surface area (Å²) in [6, 6.07) is 5.51. The molecule has 0 bridgehead atoms. The molecule has 0 amide bonds.